The van der Waals surface area contributed by atoms with Crippen LogP contribution < -0.4 is 4.74 Å². The van der Waals surface area contributed by atoms with Crippen molar-refractivity contribution in [2.45, 2.75) is 19.9 Å². The van der Waals surface area contributed by atoms with E-state index in [4.69, 9.17) is 4.74 Å². The Hall–Kier alpha value is -2.10. The summed E-state index contributed by atoms with van der Waals surface area (Å²) in [6, 6.07) is 9.72. The summed E-state index contributed by atoms with van der Waals surface area (Å²) < 4.78 is 6.98. The highest BCUT2D eigenvalue weighted by molar-refractivity contribution is 5.75. The topological polar surface area (TPSA) is 44.1 Å². The Bertz CT molecular complexity index is 541. The normalized spacial score (nSPS) is 10.7. The second kappa shape index (κ2) is 5.04. The van der Waals surface area contributed by atoms with Crippen molar-refractivity contribution in [3.05, 3.63) is 36.0 Å². The standard InChI is InChI=1S/C14H16N2O2/c1-10(2)16-14(8-12(9-17)15-16)11-4-6-13(18-3)7-5-11/h4-10H,1-3H3. The lowest BCUT2D eigenvalue weighted by Gasteiger charge is -2.11. The first-order valence-corrected chi connectivity index (χ1v) is 5.85. The molecule has 1 aromatic carbocycles. The smallest absolute Gasteiger partial charge is 0.170 e. The first-order valence-electron chi connectivity index (χ1n) is 5.85. The van der Waals surface area contributed by atoms with Crippen LogP contribution in [0, 0.1) is 0 Å². The summed E-state index contributed by atoms with van der Waals surface area (Å²) in [7, 11) is 1.64. The number of rotatable bonds is 4. The van der Waals surface area contributed by atoms with Gasteiger partial charge in [0.2, 0.25) is 0 Å². The van der Waals surface area contributed by atoms with Crippen LogP contribution in [0.15, 0.2) is 30.3 Å². The lowest BCUT2D eigenvalue weighted by Crippen LogP contribution is -2.05. The van der Waals surface area contributed by atoms with Gasteiger partial charge in [-0.3, -0.25) is 9.48 Å². The Kier molecular flexibility index (Phi) is 3.46. The summed E-state index contributed by atoms with van der Waals surface area (Å²) in [4.78, 5) is 10.8. The van der Waals surface area contributed by atoms with Crippen LogP contribution in [0.5, 0.6) is 5.75 Å². The molecule has 0 bridgehead atoms. The molecule has 1 aromatic heterocycles. The molecule has 94 valence electrons. The van der Waals surface area contributed by atoms with Crippen molar-refractivity contribution in [1.82, 2.24) is 9.78 Å². The Morgan fingerprint density at radius 1 is 1.28 bits per heavy atom. The molecule has 18 heavy (non-hydrogen) atoms. The number of carbonyl (C=O) groups is 1. The fourth-order valence-corrected chi connectivity index (χ4v) is 1.84. The molecule has 0 saturated heterocycles. The van der Waals surface area contributed by atoms with Crippen molar-refractivity contribution >= 4 is 6.29 Å². The second-order valence-electron chi connectivity index (χ2n) is 4.34. The predicted octanol–water partition coefficient (Wildman–Crippen LogP) is 2.95. The number of aromatic nitrogens is 2. The van der Waals surface area contributed by atoms with Crippen molar-refractivity contribution < 1.29 is 9.53 Å². The fraction of sp³-hybridized carbons (Fsp3) is 0.286. The molecule has 2 rings (SSSR count). The number of carbonyl (C=O) groups excluding carboxylic acids is 1. The number of hydrogen-bond donors (Lipinski definition) is 0. The molecule has 1 heterocycles. The molecule has 0 spiro atoms. The summed E-state index contributed by atoms with van der Waals surface area (Å²) in [6.45, 7) is 4.07. The van der Waals surface area contributed by atoms with Gasteiger partial charge >= 0.3 is 0 Å². The molecule has 0 aliphatic heterocycles. The molecule has 0 fully saturated rings. The van der Waals surface area contributed by atoms with Crippen LogP contribution in [0.4, 0.5) is 0 Å². The second-order valence-corrected chi connectivity index (χ2v) is 4.34. The monoisotopic (exact) mass is 244 g/mol. The van der Waals surface area contributed by atoms with E-state index in [1.807, 2.05) is 42.8 Å². The van der Waals surface area contributed by atoms with Gasteiger partial charge in [0.15, 0.2) is 6.29 Å². The van der Waals surface area contributed by atoms with Gasteiger partial charge in [-0.25, -0.2) is 0 Å². The Morgan fingerprint density at radius 3 is 2.44 bits per heavy atom. The molecule has 0 aliphatic rings. The number of ether oxygens (including phenoxy) is 1. The van der Waals surface area contributed by atoms with Crippen molar-refractivity contribution in [2.75, 3.05) is 7.11 Å². The van der Waals surface area contributed by atoms with Crippen molar-refractivity contribution in [1.29, 1.82) is 0 Å². The number of hydrogen-bond acceptors (Lipinski definition) is 3. The summed E-state index contributed by atoms with van der Waals surface area (Å²) >= 11 is 0. The number of aldehydes is 1. The van der Waals surface area contributed by atoms with Gasteiger partial charge in [-0.1, -0.05) is 0 Å². The molecule has 0 saturated carbocycles. The van der Waals surface area contributed by atoms with Gasteiger partial charge < -0.3 is 4.74 Å². The van der Waals surface area contributed by atoms with E-state index in [2.05, 4.69) is 5.10 Å². The van der Waals surface area contributed by atoms with E-state index in [-0.39, 0.29) is 6.04 Å². The molecule has 2 aromatic rings. The quantitative estimate of drug-likeness (QED) is 0.777. The maximum absolute atomic E-state index is 10.8. The minimum Gasteiger partial charge on any atom is -0.497 e. The molecule has 0 N–H and O–H groups in total. The molecule has 0 aliphatic carbocycles. The molecule has 0 atom stereocenters. The Balaban J connectivity index is 2.47. The van der Waals surface area contributed by atoms with Gasteiger partial charge in [0.05, 0.1) is 12.8 Å². The first-order chi connectivity index (χ1) is 8.65. The van der Waals surface area contributed by atoms with E-state index in [9.17, 15) is 4.79 Å². The van der Waals surface area contributed by atoms with Crippen LogP contribution in [0.25, 0.3) is 11.3 Å². The van der Waals surface area contributed by atoms with Gasteiger partial charge in [-0.05, 0) is 44.2 Å². The Morgan fingerprint density at radius 2 is 1.94 bits per heavy atom. The van der Waals surface area contributed by atoms with Crippen LogP contribution in [0.3, 0.4) is 0 Å². The van der Waals surface area contributed by atoms with Crippen molar-refractivity contribution in [3.63, 3.8) is 0 Å². The van der Waals surface area contributed by atoms with Gasteiger partial charge in [0.25, 0.3) is 0 Å². The predicted molar refractivity (Wildman–Crippen MR) is 70.0 cm³/mol. The largest absolute Gasteiger partial charge is 0.497 e. The highest BCUT2D eigenvalue weighted by Gasteiger charge is 2.11. The fourth-order valence-electron chi connectivity index (χ4n) is 1.84. The van der Waals surface area contributed by atoms with Crippen LogP contribution in [0.1, 0.15) is 30.4 Å². The van der Waals surface area contributed by atoms with Gasteiger partial charge in [-0.2, -0.15) is 5.10 Å². The van der Waals surface area contributed by atoms with E-state index >= 15 is 0 Å². The molecule has 0 amide bonds. The third-order valence-corrected chi connectivity index (χ3v) is 2.75. The number of nitrogens with zero attached hydrogens (tertiary/aromatic N) is 2. The lowest BCUT2D eigenvalue weighted by molar-refractivity contribution is 0.111. The highest BCUT2D eigenvalue weighted by Crippen LogP contribution is 2.25. The summed E-state index contributed by atoms with van der Waals surface area (Å²) in [6.07, 6.45) is 0.770. The van der Waals surface area contributed by atoms with Crippen molar-refractivity contribution in [3.8, 4) is 17.0 Å². The van der Waals surface area contributed by atoms with Gasteiger partial charge in [-0.15, -0.1) is 0 Å². The molecule has 0 radical (unpaired) electrons. The molecular weight excluding hydrogens is 228 g/mol. The van der Waals surface area contributed by atoms with E-state index in [0.29, 0.717) is 5.69 Å². The molecule has 0 unspecified atom stereocenters. The number of methoxy groups -OCH3 is 1. The van der Waals surface area contributed by atoms with Gasteiger partial charge in [0.1, 0.15) is 11.4 Å². The minimum absolute atomic E-state index is 0.204. The SMILES string of the molecule is COc1ccc(-c2cc(C=O)nn2C(C)C)cc1. The van der Waals surface area contributed by atoms with Crippen LogP contribution in [-0.4, -0.2) is 23.2 Å². The van der Waals surface area contributed by atoms with Crippen LogP contribution in [0.2, 0.25) is 0 Å². The van der Waals surface area contributed by atoms with E-state index in [0.717, 1.165) is 23.3 Å². The summed E-state index contributed by atoms with van der Waals surface area (Å²) in [5, 5.41) is 4.26. The van der Waals surface area contributed by atoms with Crippen LogP contribution >= 0.6 is 0 Å². The number of benzene rings is 1. The summed E-state index contributed by atoms with van der Waals surface area (Å²) in [5.41, 5.74) is 2.41. The molecular formula is C14H16N2O2. The van der Waals surface area contributed by atoms with Crippen LogP contribution in [-0.2, 0) is 0 Å². The van der Waals surface area contributed by atoms with E-state index in [1.54, 1.807) is 13.2 Å². The molecule has 4 heteroatoms. The van der Waals surface area contributed by atoms with Crippen molar-refractivity contribution in [2.24, 2.45) is 0 Å². The maximum Gasteiger partial charge on any atom is 0.170 e. The zero-order chi connectivity index (χ0) is 13.1. The van der Waals surface area contributed by atoms with E-state index in [1.165, 1.54) is 0 Å². The average Bonchev–Trinajstić information content (AvgIpc) is 2.83. The first kappa shape index (κ1) is 12.4. The lowest BCUT2D eigenvalue weighted by atomic mass is 10.1. The Labute approximate surface area is 106 Å². The summed E-state index contributed by atoms with van der Waals surface area (Å²) in [5.74, 6) is 0.810. The zero-order valence-corrected chi connectivity index (χ0v) is 10.8. The van der Waals surface area contributed by atoms with E-state index < -0.39 is 0 Å². The third kappa shape index (κ3) is 2.27. The third-order valence-electron chi connectivity index (χ3n) is 2.75. The van der Waals surface area contributed by atoms with Gasteiger partial charge in [0, 0.05) is 11.6 Å². The highest BCUT2D eigenvalue weighted by atomic mass is 16.5. The molecule has 4 nitrogen and oxygen atoms in total. The zero-order valence-electron chi connectivity index (χ0n) is 10.8. The average molecular weight is 244 g/mol. The maximum atomic E-state index is 10.8. The minimum atomic E-state index is 0.204.